The van der Waals surface area contributed by atoms with Gasteiger partial charge in [-0.3, -0.25) is 9.78 Å². The van der Waals surface area contributed by atoms with Crippen molar-refractivity contribution < 1.29 is 9.90 Å². The predicted molar refractivity (Wildman–Crippen MR) is 108 cm³/mol. The van der Waals surface area contributed by atoms with Gasteiger partial charge >= 0.3 is 0 Å². The first-order chi connectivity index (χ1) is 12.1. The van der Waals surface area contributed by atoms with Gasteiger partial charge in [0.05, 0.1) is 6.10 Å². The zero-order chi connectivity index (χ0) is 17.8. The number of pyridine rings is 1. The Bertz CT molecular complexity index is 703. The molecular formula is C18H27Cl2N5O2. The van der Waals surface area contributed by atoms with Gasteiger partial charge in [-0.15, -0.1) is 24.8 Å². The number of hydrogen-bond donors (Lipinski definition) is 2. The first-order valence-electron chi connectivity index (χ1n) is 8.68. The maximum absolute atomic E-state index is 12.3. The Morgan fingerprint density at radius 3 is 2.48 bits per heavy atom. The van der Waals surface area contributed by atoms with Gasteiger partial charge in [0.2, 0.25) is 5.91 Å². The Kier molecular flexibility index (Phi) is 9.18. The van der Waals surface area contributed by atoms with Gasteiger partial charge in [-0.25, -0.2) is 4.98 Å². The Morgan fingerprint density at radius 1 is 1.26 bits per heavy atom. The average Bonchev–Trinajstić information content (AvgIpc) is 3.09. The lowest BCUT2D eigenvalue weighted by molar-refractivity contribution is -0.135. The van der Waals surface area contributed by atoms with Crippen molar-refractivity contribution in [2.75, 3.05) is 13.1 Å². The summed E-state index contributed by atoms with van der Waals surface area (Å²) in [5.74, 6) is 1.21. The number of imidazole rings is 1. The molecule has 1 aliphatic heterocycles. The number of aromatic nitrogens is 3. The van der Waals surface area contributed by atoms with Crippen molar-refractivity contribution in [2.24, 2.45) is 5.73 Å². The van der Waals surface area contributed by atoms with E-state index in [1.54, 1.807) is 24.2 Å². The van der Waals surface area contributed by atoms with Crippen molar-refractivity contribution in [3.05, 3.63) is 48.3 Å². The molecule has 9 heteroatoms. The molecule has 7 nitrogen and oxygen atoms in total. The number of likely N-dealkylation sites (tertiary alicyclic amines) is 1. The second-order valence-corrected chi connectivity index (χ2v) is 6.63. The quantitative estimate of drug-likeness (QED) is 0.772. The van der Waals surface area contributed by atoms with Crippen LogP contribution in [0.3, 0.4) is 0 Å². The summed E-state index contributed by atoms with van der Waals surface area (Å²) >= 11 is 0. The molecular weight excluding hydrogens is 389 g/mol. The van der Waals surface area contributed by atoms with Crippen molar-refractivity contribution in [3.8, 4) is 0 Å². The molecule has 0 unspecified atom stereocenters. The summed E-state index contributed by atoms with van der Waals surface area (Å²) in [6.07, 6.45) is 8.29. The zero-order valence-electron chi connectivity index (χ0n) is 15.3. The highest BCUT2D eigenvalue weighted by atomic mass is 35.5. The van der Waals surface area contributed by atoms with Crippen LogP contribution in [0.4, 0.5) is 0 Å². The number of halogens is 2. The molecule has 0 bridgehead atoms. The molecule has 2 aromatic rings. The average molecular weight is 416 g/mol. The minimum absolute atomic E-state index is 0. The van der Waals surface area contributed by atoms with E-state index < -0.39 is 12.1 Å². The monoisotopic (exact) mass is 415 g/mol. The van der Waals surface area contributed by atoms with Crippen LogP contribution in [0.25, 0.3) is 0 Å². The van der Waals surface area contributed by atoms with Crippen LogP contribution in [0.15, 0.2) is 36.9 Å². The Balaban J connectivity index is 0.00000182. The van der Waals surface area contributed by atoms with E-state index in [9.17, 15) is 9.90 Å². The Morgan fingerprint density at radius 2 is 1.89 bits per heavy atom. The van der Waals surface area contributed by atoms with Crippen LogP contribution < -0.4 is 5.73 Å². The van der Waals surface area contributed by atoms with Crippen LogP contribution in [-0.4, -0.2) is 55.7 Å². The standard InChI is InChI=1S/C18H25N5O2.2ClH/c1-13(24)16(19)18(25)22-9-4-15(5-10-22)17-21-8-11-23(17)12-14-2-6-20-7-3-14;;/h2-3,6-8,11,13,15-16,24H,4-5,9-10,12,19H2,1H3;2*1H/t13-,16+;;/m1../s1. The predicted octanol–water partition coefficient (Wildman–Crippen LogP) is 1.58. The van der Waals surface area contributed by atoms with Crippen molar-refractivity contribution in [2.45, 2.75) is 44.4 Å². The number of piperidine rings is 1. The summed E-state index contributed by atoms with van der Waals surface area (Å²) in [5, 5.41) is 9.51. The van der Waals surface area contributed by atoms with Gasteiger partial charge in [0.1, 0.15) is 11.9 Å². The minimum atomic E-state index is -0.842. The molecule has 0 aliphatic carbocycles. The molecule has 1 aliphatic rings. The third-order valence-electron chi connectivity index (χ3n) is 4.83. The molecule has 3 heterocycles. The third-order valence-corrected chi connectivity index (χ3v) is 4.83. The smallest absolute Gasteiger partial charge is 0.242 e. The van der Waals surface area contributed by atoms with Gasteiger partial charge in [-0.1, -0.05) is 0 Å². The third kappa shape index (κ3) is 5.65. The van der Waals surface area contributed by atoms with E-state index >= 15 is 0 Å². The molecule has 1 fully saturated rings. The van der Waals surface area contributed by atoms with Crippen LogP contribution in [-0.2, 0) is 11.3 Å². The van der Waals surface area contributed by atoms with Gasteiger partial charge in [0.15, 0.2) is 0 Å². The number of aliphatic hydroxyl groups is 1. The zero-order valence-corrected chi connectivity index (χ0v) is 16.9. The lowest BCUT2D eigenvalue weighted by atomic mass is 9.95. The number of rotatable bonds is 5. The Hall–Kier alpha value is -1.67. The first-order valence-corrected chi connectivity index (χ1v) is 8.68. The van der Waals surface area contributed by atoms with Crippen molar-refractivity contribution in [1.82, 2.24) is 19.4 Å². The highest BCUT2D eigenvalue weighted by Gasteiger charge is 2.30. The fourth-order valence-electron chi connectivity index (χ4n) is 3.27. The van der Waals surface area contributed by atoms with E-state index in [2.05, 4.69) is 14.5 Å². The first kappa shape index (κ1) is 23.4. The van der Waals surface area contributed by atoms with Gasteiger partial charge < -0.3 is 20.3 Å². The summed E-state index contributed by atoms with van der Waals surface area (Å²) < 4.78 is 2.17. The summed E-state index contributed by atoms with van der Waals surface area (Å²) in [6.45, 7) is 3.60. The van der Waals surface area contributed by atoms with E-state index in [4.69, 9.17) is 5.73 Å². The van der Waals surface area contributed by atoms with Crippen molar-refractivity contribution >= 4 is 30.7 Å². The maximum Gasteiger partial charge on any atom is 0.242 e. The van der Waals surface area contributed by atoms with Crippen LogP contribution in [0.5, 0.6) is 0 Å². The molecule has 27 heavy (non-hydrogen) atoms. The summed E-state index contributed by atoms with van der Waals surface area (Å²) in [7, 11) is 0. The highest BCUT2D eigenvalue weighted by molar-refractivity contribution is 5.85. The molecule has 2 atom stereocenters. The maximum atomic E-state index is 12.3. The number of amides is 1. The minimum Gasteiger partial charge on any atom is -0.391 e. The molecule has 0 spiro atoms. The van der Waals surface area contributed by atoms with E-state index in [-0.39, 0.29) is 30.7 Å². The number of hydrogen-bond acceptors (Lipinski definition) is 5. The van der Waals surface area contributed by atoms with Gasteiger partial charge in [-0.05, 0) is 37.5 Å². The molecule has 3 rings (SSSR count). The summed E-state index contributed by atoms with van der Waals surface area (Å²) in [5.41, 5.74) is 6.95. The number of carbonyl (C=O) groups is 1. The highest BCUT2D eigenvalue weighted by Crippen LogP contribution is 2.27. The number of aliphatic hydroxyl groups excluding tert-OH is 1. The van der Waals surface area contributed by atoms with E-state index in [0.717, 1.165) is 25.2 Å². The van der Waals surface area contributed by atoms with Crippen molar-refractivity contribution in [3.63, 3.8) is 0 Å². The van der Waals surface area contributed by atoms with Crippen LogP contribution in [0.2, 0.25) is 0 Å². The lowest BCUT2D eigenvalue weighted by Gasteiger charge is -2.34. The molecule has 150 valence electrons. The fourth-order valence-corrected chi connectivity index (χ4v) is 3.27. The van der Waals surface area contributed by atoms with Gasteiger partial charge in [-0.2, -0.15) is 0 Å². The molecule has 2 aromatic heterocycles. The molecule has 3 N–H and O–H groups in total. The van der Waals surface area contributed by atoms with Gasteiger partial charge in [0, 0.05) is 50.3 Å². The topological polar surface area (TPSA) is 97.3 Å². The fraction of sp³-hybridized carbons (Fsp3) is 0.500. The molecule has 0 aromatic carbocycles. The normalized spacial score (nSPS) is 16.8. The van der Waals surface area contributed by atoms with E-state index in [0.29, 0.717) is 19.0 Å². The second kappa shape index (κ2) is 10.6. The van der Waals surface area contributed by atoms with Crippen LogP contribution in [0, 0.1) is 0 Å². The number of nitrogens with zero attached hydrogens (tertiary/aromatic N) is 4. The van der Waals surface area contributed by atoms with Crippen LogP contribution >= 0.6 is 24.8 Å². The van der Waals surface area contributed by atoms with Crippen LogP contribution in [0.1, 0.15) is 37.1 Å². The second-order valence-electron chi connectivity index (χ2n) is 6.63. The van der Waals surface area contributed by atoms with E-state index in [1.807, 2.05) is 24.5 Å². The molecule has 0 saturated carbocycles. The molecule has 1 saturated heterocycles. The lowest BCUT2D eigenvalue weighted by Crippen LogP contribution is -2.51. The largest absolute Gasteiger partial charge is 0.391 e. The summed E-state index contributed by atoms with van der Waals surface area (Å²) in [4.78, 5) is 22.6. The molecule has 1 amide bonds. The molecule has 0 radical (unpaired) electrons. The number of carbonyl (C=O) groups excluding carboxylic acids is 1. The van der Waals surface area contributed by atoms with Gasteiger partial charge in [0.25, 0.3) is 0 Å². The number of nitrogens with two attached hydrogens (primary N) is 1. The van der Waals surface area contributed by atoms with E-state index in [1.165, 1.54) is 5.56 Å². The Labute approximate surface area is 171 Å². The summed E-state index contributed by atoms with van der Waals surface area (Å²) in [6, 6.07) is 3.16. The SMILES string of the molecule is C[C@@H](O)[C@H](N)C(=O)N1CCC(c2nccn2Cc2ccncc2)CC1.Cl.Cl. The van der Waals surface area contributed by atoms with Crippen molar-refractivity contribution in [1.29, 1.82) is 0 Å².